The average Bonchev–Trinajstić information content (AvgIpc) is 3.02. The summed E-state index contributed by atoms with van der Waals surface area (Å²) in [5.41, 5.74) is 1.01. The van der Waals surface area contributed by atoms with E-state index in [0.717, 1.165) is 31.2 Å². The monoisotopic (exact) mass is 437 g/mol. The zero-order chi connectivity index (χ0) is 22.9. The Balaban J connectivity index is 1.53. The second kappa shape index (κ2) is 8.76. The topological polar surface area (TPSA) is 96.3 Å². The molecule has 4 rings (SSSR count). The van der Waals surface area contributed by atoms with Gasteiger partial charge in [0.2, 0.25) is 5.91 Å². The van der Waals surface area contributed by atoms with E-state index in [9.17, 15) is 14.4 Å². The molecular formula is C24H31N5O3. The Morgan fingerprint density at radius 2 is 1.81 bits per heavy atom. The molecule has 170 valence electrons. The third-order valence-corrected chi connectivity index (χ3v) is 6.81. The number of benzene rings is 1. The first-order valence-corrected chi connectivity index (χ1v) is 11.3. The molecule has 0 radical (unpaired) electrons. The summed E-state index contributed by atoms with van der Waals surface area (Å²) in [6.45, 7) is 3.86. The standard InChI is InChI=1S/C24H31N5O3/c1-16-10-8-9-13-18(16)26-21(30)19-14-20-22(31)28(3)24(2,15-29(20)27-19)23(32)25-17-11-6-4-5-7-12-17/h8-10,13-14,17H,4-7,11-12,15H2,1-3H3,(H,25,32)(H,26,30)/t24-/m1/s1. The lowest BCUT2D eigenvalue weighted by atomic mass is 9.95. The number of carbonyl (C=O) groups is 3. The minimum atomic E-state index is -1.08. The Morgan fingerprint density at radius 1 is 1.12 bits per heavy atom. The Labute approximate surface area is 188 Å². The van der Waals surface area contributed by atoms with Gasteiger partial charge >= 0.3 is 0 Å². The fraction of sp³-hybridized carbons (Fsp3) is 0.500. The lowest BCUT2D eigenvalue weighted by Crippen LogP contribution is -2.63. The fourth-order valence-corrected chi connectivity index (χ4v) is 4.50. The molecule has 2 N–H and O–H groups in total. The van der Waals surface area contributed by atoms with Crippen LogP contribution in [0.4, 0.5) is 5.69 Å². The van der Waals surface area contributed by atoms with E-state index < -0.39 is 5.54 Å². The van der Waals surface area contributed by atoms with Gasteiger partial charge in [-0.15, -0.1) is 0 Å². The van der Waals surface area contributed by atoms with Crippen LogP contribution in [0, 0.1) is 6.92 Å². The zero-order valence-electron chi connectivity index (χ0n) is 19.0. The minimum Gasteiger partial charge on any atom is -0.351 e. The number of nitrogens with zero attached hydrogens (tertiary/aromatic N) is 3. The number of aromatic nitrogens is 2. The molecule has 0 spiro atoms. The molecule has 2 aliphatic rings. The van der Waals surface area contributed by atoms with E-state index in [0.29, 0.717) is 11.4 Å². The lowest BCUT2D eigenvalue weighted by molar-refractivity contribution is -0.133. The first kappa shape index (κ1) is 22.0. The van der Waals surface area contributed by atoms with Crippen LogP contribution in [-0.2, 0) is 11.3 Å². The first-order chi connectivity index (χ1) is 15.3. The van der Waals surface area contributed by atoms with Crippen molar-refractivity contribution in [1.29, 1.82) is 0 Å². The molecule has 1 aromatic carbocycles. The Bertz CT molecular complexity index is 1040. The molecule has 1 saturated carbocycles. The van der Waals surface area contributed by atoms with Gasteiger partial charge in [0.1, 0.15) is 11.2 Å². The number of para-hydroxylation sites is 1. The van der Waals surface area contributed by atoms with Crippen LogP contribution >= 0.6 is 0 Å². The SMILES string of the molecule is Cc1ccccc1NC(=O)c1cc2n(n1)C[C@](C)(C(=O)NC1CCCCCC1)N(C)C2=O. The maximum atomic E-state index is 13.3. The van der Waals surface area contributed by atoms with Crippen molar-refractivity contribution in [3.8, 4) is 0 Å². The summed E-state index contributed by atoms with van der Waals surface area (Å²) in [6.07, 6.45) is 6.56. The van der Waals surface area contributed by atoms with Crippen LogP contribution in [-0.4, -0.2) is 51.0 Å². The van der Waals surface area contributed by atoms with Crippen LogP contribution in [0.25, 0.3) is 0 Å². The van der Waals surface area contributed by atoms with Gasteiger partial charge in [0, 0.05) is 24.8 Å². The molecule has 1 atom stereocenters. The van der Waals surface area contributed by atoms with Crippen molar-refractivity contribution in [1.82, 2.24) is 20.0 Å². The molecule has 8 heteroatoms. The van der Waals surface area contributed by atoms with Crippen LogP contribution in [0.1, 0.15) is 72.0 Å². The van der Waals surface area contributed by atoms with Crippen molar-refractivity contribution in [3.63, 3.8) is 0 Å². The van der Waals surface area contributed by atoms with Crippen LogP contribution in [0.2, 0.25) is 0 Å². The normalized spacial score (nSPS) is 21.6. The molecule has 2 aromatic rings. The Morgan fingerprint density at radius 3 is 2.50 bits per heavy atom. The van der Waals surface area contributed by atoms with Gasteiger partial charge in [-0.2, -0.15) is 5.10 Å². The molecule has 3 amide bonds. The largest absolute Gasteiger partial charge is 0.351 e. The van der Waals surface area contributed by atoms with Gasteiger partial charge in [-0.05, 0) is 38.3 Å². The maximum Gasteiger partial charge on any atom is 0.276 e. The van der Waals surface area contributed by atoms with Gasteiger partial charge in [-0.1, -0.05) is 43.9 Å². The van der Waals surface area contributed by atoms with Crippen LogP contribution < -0.4 is 10.6 Å². The number of hydrogen-bond donors (Lipinski definition) is 2. The highest BCUT2D eigenvalue weighted by atomic mass is 16.2. The van der Waals surface area contributed by atoms with Crippen molar-refractivity contribution < 1.29 is 14.4 Å². The highest BCUT2D eigenvalue weighted by Crippen LogP contribution is 2.27. The number of anilines is 1. The maximum absolute atomic E-state index is 13.3. The van der Waals surface area contributed by atoms with E-state index in [1.54, 1.807) is 14.0 Å². The number of rotatable bonds is 4. The molecule has 0 bridgehead atoms. The average molecular weight is 438 g/mol. The second-order valence-corrected chi connectivity index (χ2v) is 9.14. The molecule has 32 heavy (non-hydrogen) atoms. The molecular weight excluding hydrogens is 406 g/mol. The molecule has 2 heterocycles. The number of amides is 3. The summed E-state index contributed by atoms with van der Waals surface area (Å²) < 4.78 is 1.49. The number of carbonyl (C=O) groups excluding carboxylic acids is 3. The highest BCUT2D eigenvalue weighted by molar-refractivity contribution is 6.06. The zero-order valence-corrected chi connectivity index (χ0v) is 19.0. The summed E-state index contributed by atoms with van der Waals surface area (Å²) in [6, 6.07) is 9.10. The molecule has 1 aromatic heterocycles. The number of aryl methyl sites for hydroxylation is 1. The van der Waals surface area contributed by atoms with Crippen molar-refractivity contribution in [2.24, 2.45) is 0 Å². The third kappa shape index (κ3) is 4.13. The highest BCUT2D eigenvalue weighted by Gasteiger charge is 2.46. The Kier molecular flexibility index (Phi) is 6.04. The van der Waals surface area contributed by atoms with E-state index in [1.165, 1.54) is 28.5 Å². The molecule has 0 unspecified atom stereocenters. The van der Waals surface area contributed by atoms with E-state index in [1.807, 2.05) is 31.2 Å². The van der Waals surface area contributed by atoms with Gasteiger partial charge in [0.25, 0.3) is 11.8 Å². The summed E-state index contributed by atoms with van der Waals surface area (Å²) in [4.78, 5) is 40.6. The van der Waals surface area contributed by atoms with Crippen LogP contribution in [0.5, 0.6) is 0 Å². The van der Waals surface area contributed by atoms with Gasteiger partial charge in [0.15, 0.2) is 5.69 Å². The van der Waals surface area contributed by atoms with Gasteiger partial charge < -0.3 is 15.5 Å². The summed E-state index contributed by atoms with van der Waals surface area (Å²) in [7, 11) is 1.64. The summed E-state index contributed by atoms with van der Waals surface area (Å²) in [5, 5.41) is 10.4. The van der Waals surface area contributed by atoms with E-state index >= 15 is 0 Å². The Hall–Kier alpha value is -3.16. The minimum absolute atomic E-state index is 0.139. The van der Waals surface area contributed by atoms with E-state index in [4.69, 9.17) is 0 Å². The van der Waals surface area contributed by atoms with Crippen molar-refractivity contribution in [2.75, 3.05) is 12.4 Å². The predicted octanol–water partition coefficient (Wildman–Crippen LogP) is 3.13. The number of hydrogen-bond acceptors (Lipinski definition) is 4. The lowest BCUT2D eigenvalue weighted by Gasteiger charge is -2.41. The first-order valence-electron chi connectivity index (χ1n) is 11.3. The number of likely N-dealkylation sites (N-methyl/N-ethyl adjacent to an activating group) is 1. The third-order valence-electron chi connectivity index (χ3n) is 6.81. The summed E-state index contributed by atoms with van der Waals surface area (Å²) in [5.74, 6) is -0.884. The van der Waals surface area contributed by atoms with Crippen LogP contribution in [0.15, 0.2) is 30.3 Å². The number of nitrogens with one attached hydrogen (secondary N) is 2. The van der Waals surface area contributed by atoms with Crippen molar-refractivity contribution >= 4 is 23.4 Å². The van der Waals surface area contributed by atoms with E-state index in [-0.39, 0.29) is 36.0 Å². The molecule has 1 aliphatic carbocycles. The van der Waals surface area contributed by atoms with Crippen molar-refractivity contribution in [3.05, 3.63) is 47.3 Å². The fourth-order valence-electron chi connectivity index (χ4n) is 4.50. The molecule has 1 fully saturated rings. The van der Waals surface area contributed by atoms with Gasteiger partial charge in [-0.3, -0.25) is 19.1 Å². The smallest absolute Gasteiger partial charge is 0.276 e. The quantitative estimate of drug-likeness (QED) is 0.719. The molecule has 8 nitrogen and oxygen atoms in total. The summed E-state index contributed by atoms with van der Waals surface area (Å²) >= 11 is 0. The molecule has 0 saturated heterocycles. The number of fused-ring (bicyclic) bond motifs is 1. The second-order valence-electron chi connectivity index (χ2n) is 9.14. The van der Waals surface area contributed by atoms with Crippen molar-refractivity contribution in [2.45, 2.75) is 70.5 Å². The van der Waals surface area contributed by atoms with E-state index in [2.05, 4.69) is 15.7 Å². The predicted molar refractivity (Wildman–Crippen MR) is 121 cm³/mol. The van der Waals surface area contributed by atoms with Crippen LogP contribution in [0.3, 0.4) is 0 Å². The van der Waals surface area contributed by atoms with Gasteiger partial charge in [-0.25, -0.2) is 0 Å². The molecule has 1 aliphatic heterocycles. The van der Waals surface area contributed by atoms with Gasteiger partial charge in [0.05, 0.1) is 6.54 Å².